The van der Waals surface area contributed by atoms with Crippen LogP contribution in [0.2, 0.25) is 0 Å². The maximum atomic E-state index is 11.2. The van der Waals surface area contributed by atoms with Gasteiger partial charge < -0.3 is 14.3 Å². The highest BCUT2D eigenvalue weighted by atomic mass is 35.5. The number of aliphatic hydroxyl groups is 1. The van der Waals surface area contributed by atoms with Gasteiger partial charge in [-0.2, -0.15) is 0 Å². The minimum absolute atomic E-state index is 0.379. The van der Waals surface area contributed by atoms with Crippen LogP contribution in [-0.4, -0.2) is 22.7 Å². The summed E-state index contributed by atoms with van der Waals surface area (Å²) in [6, 6.07) is 8.51. The topological polar surface area (TPSA) is 59.7 Å². The maximum absolute atomic E-state index is 11.2. The van der Waals surface area contributed by atoms with E-state index in [-0.39, 0.29) is 5.63 Å². The Morgan fingerprint density at radius 1 is 1.38 bits per heavy atom. The van der Waals surface area contributed by atoms with Crippen molar-refractivity contribution in [3.63, 3.8) is 0 Å². The van der Waals surface area contributed by atoms with E-state index < -0.39 is 11.0 Å². The Morgan fingerprint density at radius 2 is 2.08 bits per heavy atom. The van der Waals surface area contributed by atoms with E-state index in [1.54, 1.807) is 26.0 Å². The average molecular weight is 351 g/mol. The number of aliphatic hydroxyl groups excluding tert-OH is 1. The van der Waals surface area contributed by atoms with Gasteiger partial charge in [0.05, 0.1) is 11.0 Å². The third kappa shape index (κ3) is 5.39. The van der Waals surface area contributed by atoms with Crippen LogP contribution >= 0.6 is 11.6 Å². The molecular weight excluding hydrogens is 328 g/mol. The van der Waals surface area contributed by atoms with E-state index in [1.807, 2.05) is 25.1 Å². The second-order valence-electron chi connectivity index (χ2n) is 6.43. The monoisotopic (exact) mass is 350 g/mol. The lowest BCUT2D eigenvalue weighted by molar-refractivity contribution is 0.129. The Labute approximate surface area is 146 Å². The number of allylic oxidation sites excluding steroid dienone is 1. The molecule has 0 spiro atoms. The lowest BCUT2D eigenvalue weighted by atomic mass is 9.99. The lowest BCUT2D eigenvalue weighted by Crippen LogP contribution is -2.29. The van der Waals surface area contributed by atoms with Crippen LogP contribution in [0, 0.1) is 0 Å². The van der Waals surface area contributed by atoms with Gasteiger partial charge in [-0.15, -0.1) is 11.6 Å². The molecule has 0 aliphatic heterocycles. The number of rotatable bonds is 7. The first kappa shape index (κ1) is 18.6. The molecule has 1 N–H and O–H groups in total. The Bertz CT molecular complexity index is 771. The molecule has 0 aliphatic rings. The zero-order valence-corrected chi connectivity index (χ0v) is 15.0. The minimum atomic E-state index is -0.619. The standard InChI is InChI=1S/C19H23ClO4/c1-13(4-8-17(21)19(2,3)20)10-11-23-15-7-5-14-6-9-18(22)24-16(14)12-15/h5-7,9-10,12,17,21H,4,8,11H2,1-3H3/t17-/m1/s1. The number of alkyl halides is 1. The predicted octanol–water partition coefficient (Wildman–Crippen LogP) is 4.28. The molecule has 0 saturated heterocycles. The normalized spacial score (nSPS) is 14.0. The molecule has 0 saturated carbocycles. The smallest absolute Gasteiger partial charge is 0.336 e. The zero-order chi connectivity index (χ0) is 17.7. The number of fused-ring (bicyclic) bond motifs is 1. The van der Waals surface area contributed by atoms with Crippen molar-refractivity contribution in [2.45, 2.75) is 44.6 Å². The molecule has 130 valence electrons. The lowest BCUT2D eigenvalue weighted by Gasteiger charge is -2.23. The van der Waals surface area contributed by atoms with E-state index >= 15 is 0 Å². The molecule has 2 aromatic rings. The third-order valence-corrected chi connectivity index (χ3v) is 4.13. The molecule has 0 amide bonds. The summed E-state index contributed by atoms with van der Waals surface area (Å²) in [5.41, 5.74) is 1.26. The van der Waals surface area contributed by atoms with Crippen molar-refractivity contribution >= 4 is 22.6 Å². The summed E-state index contributed by atoms with van der Waals surface area (Å²) in [6.45, 7) is 6.02. The van der Waals surface area contributed by atoms with Gasteiger partial charge in [0.1, 0.15) is 17.9 Å². The van der Waals surface area contributed by atoms with E-state index in [0.29, 0.717) is 24.4 Å². The van der Waals surface area contributed by atoms with Crippen LogP contribution in [0.5, 0.6) is 5.75 Å². The van der Waals surface area contributed by atoms with Crippen molar-refractivity contribution in [2.24, 2.45) is 0 Å². The first-order chi connectivity index (χ1) is 11.3. The number of hydrogen-bond acceptors (Lipinski definition) is 4. The third-order valence-electron chi connectivity index (χ3n) is 3.88. The summed E-state index contributed by atoms with van der Waals surface area (Å²) < 4.78 is 10.8. The highest BCUT2D eigenvalue weighted by Crippen LogP contribution is 2.23. The SMILES string of the molecule is CC(=CCOc1ccc2ccc(=O)oc2c1)CC[C@@H](O)C(C)(C)Cl. The van der Waals surface area contributed by atoms with Crippen molar-refractivity contribution in [3.05, 3.63) is 52.4 Å². The second kappa shape index (κ2) is 7.86. The van der Waals surface area contributed by atoms with E-state index in [9.17, 15) is 9.90 Å². The first-order valence-corrected chi connectivity index (χ1v) is 8.33. The zero-order valence-electron chi connectivity index (χ0n) is 14.2. The van der Waals surface area contributed by atoms with Crippen LogP contribution in [0.25, 0.3) is 11.0 Å². The molecule has 1 aromatic heterocycles. The molecule has 1 aromatic carbocycles. The van der Waals surface area contributed by atoms with Crippen LogP contribution in [-0.2, 0) is 0 Å². The molecule has 2 rings (SSSR count). The Balaban J connectivity index is 1.90. The molecule has 0 unspecified atom stereocenters. The van der Waals surface area contributed by atoms with Crippen LogP contribution in [0.1, 0.15) is 33.6 Å². The Hall–Kier alpha value is -1.78. The summed E-state index contributed by atoms with van der Waals surface area (Å²) >= 11 is 6.09. The van der Waals surface area contributed by atoms with Gasteiger partial charge in [0.2, 0.25) is 0 Å². The predicted molar refractivity (Wildman–Crippen MR) is 96.9 cm³/mol. The van der Waals surface area contributed by atoms with Crippen molar-refractivity contribution in [1.82, 2.24) is 0 Å². The van der Waals surface area contributed by atoms with Crippen molar-refractivity contribution < 1.29 is 14.3 Å². The summed E-state index contributed by atoms with van der Waals surface area (Å²) in [5.74, 6) is 0.642. The number of hydrogen-bond donors (Lipinski definition) is 1. The average Bonchev–Trinajstić information content (AvgIpc) is 2.51. The first-order valence-electron chi connectivity index (χ1n) is 7.95. The molecule has 0 fully saturated rings. The number of halogens is 1. The molecule has 0 bridgehead atoms. The summed E-state index contributed by atoms with van der Waals surface area (Å²) in [5, 5.41) is 10.8. The minimum Gasteiger partial charge on any atom is -0.489 e. The van der Waals surface area contributed by atoms with Gasteiger partial charge in [0, 0.05) is 17.5 Å². The number of benzene rings is 1. The van der Waals surface area contributed by atoms with Crippen molar-refractivity contribution in [2.75, 3.05) is 6.61 Å². The van der Waals surface area contributed by atoms with Gasteiger partial charge in [0.15, 0.2) is 0 Å². The van der Waals surface area contributed by atoms with Gasteiger partial charge in [-0.3, -0.25) is 0 Å². The van der Waals surface area contributed by atoms with E-state index in [1.165, 1.54) is 6.07 Å². The molecular formula is C19H23ClO4. The van der Waals surface area contributed by atoms with Crippen molar-refractivity contribution in [1.29, 1.82) is 0 Å². The van der Waals surface area contributed by atoms with Crippen LogP contribution in [0.4, 0.5) is 0 Å². The molecule has 5 heteroatoms. The van der Waals surface area contributed by atoms with E-state index in [4.69, 9.17) is 20.8 Å². The van der Waals surface area contributed by atoms with Crippen LogP contribution in [0.15, 0.2) is 51.2 Å². The molecule has 24 heavy (non-hydrogen) atoms. The summed E-state index contributed by atoms with van der Waals surface area (Å²) in [7, 11) is 0. The van der Waals surface area contributed by atoms with E-state index in [2.05, 4.69) is 0 Å². The second-order valence-corrected chi connectivity index (χ2v) is 7.41. The number of ether oxygens (including phenoxy) is 1. The van der Waals surface area contributed by atoms with Gasteiger partial charge in [-0.05, 0) is 57.9 Å². The largest absolute Gasteiger partial charge is 0.489 e. The highest BCUT2D eigenvalue weighted by Gasteiger charge is 2.24. The fourth-order valence-corrected chi connectivity index (χ4v) is 2.33. The Kier molecular flexibility index (Phi) is 6.08. The van der Waals surface area contributed by atoms with Crippen LogP contribution in [0.3, 0.4) is 0 Å². The Morgan fingerprint density at radius 3 is 2.79 bits per heavy atom. The maximum Gasteiger partial charge on any atom is 0.336 e. The fraction of sp³-hybridized carbons (Fsp3) is 0.421. The van der Waals surface area contributed by atoms with Gasteiger partial charge in [0.25, 0.3) is 0 Å². The highest BCUT2D eigenvalue weighted by molar-refractivity contribution is 6.23. The molecule has 1 atom stereocenters. The quantitative estimate of drug-likeness (QED) is 0.460. The molecule has 1 heterocycles. The summed E-state index contributed by atoms with van der Waals surface area (Å²) in [6.07, 6.45) is 2.79. The molecule has 0 aliphatic carbocycles. The van der Waals surface area contributed by atoms with Gasteiger partial charge >= 0.3 is 5.63 Å². The van der Waals surface area contributed by atoms with E-state index in [0.717, 1.165) is 17.4 Å². The van der Waals surface area contributed by atoms with Crippen molar-refractivity contribution in [3.8, 4) is 5.75 Å². The van der Waals surface area contributed by atoms with Crippen LogP contribution < -0.4 is 10.4 Å². The molecule has 0 radical (unpaired) electrons. The summed E-state index contributed by atoms with van der Waals surface area (Å²) in [4.78, 5) is 10.6. The van der Waals surface area contributed by atoms with Gasteiger partial charge in [-0.25, -0.2) is 4.79 Å². The fourth-order valence-electron chi connectivity index (χ4n) is 2.22. The molecule has 4 nitrogen and oxygen atoms in total. The van der Waals surface area contributed by atoms with Gasteiger partial charge in [-0.1, -0.05) is 5.57 Å².